The van der Waals surface area contributed by atoms with E-state index in [4.69, 9.17) is 5.73 Å². The van der Waals surface area contributed by atoms with Gasteiger partial charge >= 0.3 is 6.18 Å². The van der Waals surface area contributed by atoms with Crippen LogP contribution in [0.4, 0.5) is 13.2 Å². The Balaban J connectivity index is 0.00000338. The van der Waals surface area contributed by atoms with Gasteiger partial charge < -0.3 is 10.5 Å². The molecular weight excluding hydrogens is 395 g/mol. The first-order chi connectivity index (χ1) is 11.7. The maximum atomic E-state index is 12.2. The number of nitrogens with zero attached hydrogens (tertiary/aromatic N) is 1. The zero-order valence-corrected chi connectivity index (χ0v) is 14.9. The van der Waals surface area contributed by atoms with Crippen LogP contribution in [0.15, 0.2) is 53.6 Å². The summed E-state index contributed by atoms with van der Waals surface area (Å²) in [5.41, 5.74) is 6.68. The Morgan fingerprint density at radius 3 is 2.35 bits per heavy atom. The second-order valence-electron chi connectivity index (χ2n) is 5.11. The van der Waals surface area contributed by atoms with E-state index in [1.165, 1.54) is 0 Å². The molecule has 2 rings (SSSR count). The molecule has 0 aliphatic carbocycles. The number of hydrogen-bond donors (Lipinski definition) is 2. The number of sulfonamides is 1. The van der Waals surface area contributed by atoms with Gasteiger partial charge in [0.05, 0.1) is 6.20 Å². The summed E-state index contributed by atoms with van der Waals surface area (Å²) in [5.74, 6) is -0.322. The molecule has 26 heavy (non-hydrogen) atoms. The molecule has 0 fully saturated rings. The molecule has 3 N–H and O–H groups in total. The van der Waals surface area contributed by atoms with Crippen molar-refractivity contribution in [2.75, 3.05) is 13.2 Å². The first-order valence-electron chi connectivity index (χ1n) is 7.13. The molecule has 0 aliphatic rings. The number of hydrogen-bond acceptors (Lipinski definition) is 5. The number of nitrogens with two attached hydrogens (primary N) is 1. The van der Waals surface area contributed by atoms with Crippen molar-refractivity contribution in [3.05, 3.63) is 54.2 Å². The van der Waals surface area contributed by atoms with Gasteiger partial charge in [0.1, 0.15) is 4.90 Å². The summed E-state index contributed by atoms with van der Waals surface area (Å²) >= 11 is 0. The van der Waals surface area contributed by atoms with Crippen LogP contribution in [0.3, 0.4) is 0 Å². The maximum Gasteiger partial charge on any atom is 0.422 e. The van der Waals surface area contributed by atoms with Gasteiger partial charge in [0.25, 0.3) is 0 Å². The summed E-state index contributed by atoms with van der Waals surface area (Å²) in [6, 6.07) is 10.5. The third-order valence-electron chi connectivity index (χ3n) is 3.12. The highest BCUT2D eigenvalue weighted by Crippen LogP contribution is 2.18. The van der Waals surface area contributed by atoms with E-state index in [9.17, 15) is 21.6 Å². The number of nitrogens with one attached hydrogen (secondary N) is 1. The minimum Gasteiger partial charge on any atom is -0.468 e. The molecule has 144 valence electrons. The van der Waals surface area contributed by atoms with Crippen molar-refractivity contribution in [3.63, 3.8) is 0 Å². The van der Waals surface area contributed by atoms with E-state index in [-0.39, 0.29) is 29.7 Å². The van der Waals surface area contributed by atoms with E-state index >= 15 is 0 Å². The topological polar surface area (TPSA) is 94.3 Å². The van der Waals surface area contributed by atoms with Gasteiger partial charge in [-0.3, -0.25) is 0 Å². The number of benzene rings is 1. The number of rotatable bonds is 7. The molecule has 0 spiro atoms. The van der Waals surface area contributed by atoms with Crippen molar-refractivity contribution in [3.8, 4) is 5.88 Å². The smallest absolute Gasteiger partial charge is 0.422 e. The van der Waals surface area contributed by atoms with Crippen molar-refractivity contribution in [1.29, 1.82) is 0 Å². The van der Waals surface area contributed by atoms with E-state index in [2.05, 4.69) is 14.4 Å². The molecule has 1 atom stereocenters. The van der Waals surface area contributed by atoms with E-state index in [1.807, 2.05) is 6.07 Å². The number of pyridine rings is 1. The summed E-state index contributed by atoms with van der Waals surface area (Å²) in [6.45, 7) is -1.55. The Morgan fingerprint density at radius 2 is 1.81 bits per heavy atom. The summed E-state index contributed by atoms with van der Waals surface area (Å²) in [5, 5.41) is 0. The molecule has 0 saturated heterocycles. The van der Waals surface area contributed by atoms with Crippen molar-refractivity contribution < 1.29 is 26.3 Å². The predicted octanol–water partition coefficient (Wildman–Crippen LogP) is 2.42. The van der Waals surface area contributed by atoms with Crippen LogP contribution in [0.1, 0.15) is 11.6 Å². The molecular formula is C15H17ClF3N3O3S. The molecule has 0 bridgehead atoms. The fraction of sp³-hybridized carbons (Fsp3) is 0.267. The van der Waals surface area contributed by atoms with Crippen LogP contribution in [-0.4, -0.2) is 32.7 Å². The SMILES string of the molecule is Cl.NC(CNS(=O)(=O)c1ccc(OCC(F)(F)F)nc1)c1ccccc1. The van der Waals surface area contributed by atoms with Crippen LogP contribution < -0.4 is 15.2 Å². The zero-order chi connectivity index (χ0) is 18.5. The Labute approximate surface area is 155 Å². The average molecular weight is 412 g/mol. The number of alkyl halides is 3. The lowest BCUT2D eigenvalue weighted by Crippen LogP contribution is -2.32. The minimum atomic E-state index is -4.50. The minimum absolute atomic E-state index is 0. The molecule has 1 aromatic heterocycles. The monoisotopic (exact) mass is 411 g/mol. The molecule has 0 radical (unpaired) electrons. The summed E-state index contributed by atoms with van der Waals surface area (Å²) in [7, 11) is -3.89. The van der Waals surface area contributed by atoms with E-state index in [0.29, 0.717) is 0 Å². The van der Waals surface area contributed by atoms with Gasteiger partial charge in [-0.05, 0) is 11.6 Å². The predicted molar refractivity (Wildman–Crippen MR) is 91.6 cm³/mol. The Hall–Kier alpha value is -1.88. The van der Waals surface area contributed by atoms with E-state index < -0.39 is 28.8 Å². The molecule has 0 saturated carbocycles. The lowest BCUT2D eigenvalue weighted by atomic mass is 10.1. The summed E-state index contributed by atoms with van der Waals surface area (Å²) < 4.78 is 67.3. The molecule has 0 aliphatic heterocycles. The lowest BCUT2D eigenvalue weighted by Gasteiger charge is -2.13. The number of halogens is 4. The largest absolute Gasteiger partial charge is 0.468 e. The van der Waals surface area contributed by atoms with E-state index in [1.54, 1.807) is 24.3 Å². The van der Waals surface area contributed by atoms with Crippen molar-refractivity contribution in [2.45, 2.75) is 17.1 Å². The van der Waals surface area contributed by atoms with Crippen LogP contribution >= 0.6 is 12.4 Å². The lowest BCUT2D eigenvalue weighted by molar-refractivity contribution is -0.154. The van der Waals surface area contributed by atoms with Gasteiger partial charge in [-0.15, -0.1) is 12.4 Å². The summed E-state index contributed by atoms with van der Waals surface area (Å²) in [4.78, 5) is 3.36. The van der Waals surface area contributed by atoms with Crippen molar-refractivity contribution >= 4 is 22.4 Å². The van der Waals surface area contributed by atoms with Gasteiger partial charge in [-0.2, -0.15) is 13.2 Å². The second kappa shape index (κ2) is 9.17. The third kappa shape index (κ3) is 6.79. The van der Waals surface area contributed by atoms with Gasteiger partial charge in [0.15, 0.2) is 6.61 Å². The fourth-order valence-corrected chi connectivity index (χ4v) is 2.87. The van der Waals surface area contributed by atoms with Crippen LogP contribution in [0.2, 0.25) is 0 Å². The van der Waals surface area contributed by atoms with Crippen LogP contribution in [0.25, 0.3) is 0 Å². The molecule has 1 heterocycles. The standard InChI is InChI=1S/C15H16F3N3O3S.ClH/c16-15(17,18)10-24-14-7-6-12(8-20-14)25(22,23)21-9-13(19)11-4-2-1-3-5-11;/h1-8,13,21H,9-10,19H2;1H. The first kappa shape index (κ1) is 22.2. The quantitative estimate of drug-likeness (QED) is 0.729. The molecule has 1 aromatic carbocycles. The normalized spacial score (nSPS) is 12.9. The third-order valence-corrected chi connectivity index (χ3v) is 4.53. The maximum absolute atomic E-state index is 12.2. The molecule has 2 aromatic rings. The Morgan fingerprint density at radius 1 is 1.15 bits per heavy atom. The highest BCUT2D eigenvalue weighted by Gasteiger charge is 2.28. The Bertz CT molecular complexity index is 787. The first-order valence-corrected chi connectivity index (χ1v) is 8.61. The number of ether oxygens (including phenoxy) is 1. The molecule has 11 heteroatoms. The highest BCUT2D eigenvalue weighted by molar-refractivity contribution is 7.89. The van der Waals surface area contributed by atoms with Gasteiger partial charge in [-0.1, -0.05) is 30.3 Å². The molecule has 1 unspecified atom stereocenters. The Kier molecular flexibility index (Phi) is 7.82. The molecule has 6 nitrogen and oxygen atoms in total. The van der Waals surface area contributed by atoms with Crippen LogP contribution in [-0.2, 0) is 10.0 Å². The van der Waals surface area contributed by atoms with Crippen molar-refractivity contribution in [2.24, 2.45) is 5.73 Å². The highest BCUT2D eigenvalue weighted by atomic mass is 35.5. The van der Waals surface area contributed by atoms with Gasteiger partial charge in [0.2, 0.25) is 15.9 Å². The van der Waals surface area contributed by atoms with Gasteiger partial charge in [-0.25, -0.2) is 18.1 Å². The van der Waals surface area contributed by atoms with Gasteiger partial charge in [0, 0.05) is 18.7 Å². The number of aromatic nitrogens is 1. The van der Waals surface area contributed by atoms with E-state index in [0.717, 1.165) is 23.9 Å². The van der Waals surface area contributed by atoms with Crippen LogP contribution in [0, 0.1) is 0 Å². The molecule has 0 amide bonds. The zero-order valence-electron chi connectivity index (χ0n) is 13.3. The van der Waals surface area contributed by atoms with Crippen molar-refractivity contribution in [1.82, 2.24) is 9.71 Å². The second-order valence-corrected chi connectivity index (χ2v) is 6.87. The fourth-order valence-electron chi connectivity index (χ4n) is 1.87. The average Bonchev–Trinajstić information content (AvgIpc) is 2.58. The summed E-state index contributed by atoms with van der Waals surface area (Å²) in [6.07, 6.45) is -3.58. The van der Waals surface area contributed by atoms with Crippen LogP contribution in [0.5, 0.6) is 5.88 Å².